The van der Waals surface area contributed by atoms with Gasteiger partial charge < -0.3 is 14.6 Å². The number of nitrogens with zero attached hydrogens (tertiary/aromatic N) is 1. The van der Waals surface area contributed by atoms with E-state index in [1.54, 1.807) is 7.11 Å². The number of hydrogen-bond acceptors (Lipinski definition) is 4. The van der Waals surface area contributed by atoms with Gasteiger partial charge in [-0.2, -0.15) is 0 Å². The van der Waals surface area contributed by atoms with E-state index < -0.39 is 0 Å². The number of rotatable bonds is 7. The maximum atomic E-state index is 9.59. The van der Waals surface area contributed by atoms with Gasteiger partial charge in [0.05, 0.1) is 32.3 Å². The summed E-state index contributed by atoms with van der Waals surface area (Å²) in [5.74, 6) is 0.884. The molecule has 1 saturated heterocycles. The highest BCUT2D eigenvalue weighted by molar-refractivity contribution is 5.30. The molecule has 1 aliphatic rings. The highest BCUT2D eigenvalue weighted by Crippen LogP contribution is 2.32. The molecule has 0 radical (unpaired) electrons. The summed E-state index contributed by atoms with van der Waals surface area (Å²) in [4.78, 5) is 2.38. The van der Waals surface area contributed by atoms with E-state index in [-0.39, 0.29) is 12.0 Å². The van der Waals surface area contributed by atoms with Crippen molar-refractivity contribution in [2.75, 3.05) is 40.0 Å². The van der Waals surface area contributed by atoms with Crippen LogP contribution in [0.4, 0.5) is 0 Å². The Bertz CT molecular complexity index is 426. The van der Waals surface area contributed by atoms with Gasteiger partial charge in [0.15, 0.2) is 0 Å². The largest absolute Gasteiger partial charge is 0.497 e. The number of benzene rings is 1. The van der Waals surface area contributed by atoms with Crippen molar-refractivity contribution in [3.8, 4) is 5.75 Å². The first-order valence-electron chi connectivity index (χ1n) is 7.21. The van der Waals surface area contributed by atoms with Crippen LogP contribution in [0.3, 0.4) is 0 Å². The first-order chi connectivity index (χ1) is 9.64. The molecule has 112 valence electrons. The summed E-state index contributed by atoms with van der Waals surface area (Å²) in [6.45, 7) is 7.66. The van der Waals surface area contributed by atoms with E-state index in [1.807, 2.05) is 12.1 Å². The van der Waals surface area contributed by atoms with Crippen LogP contribution in [-0.4, -0.2) is 50.0 Å². The van der Waals surface area contributed by atoms with Gasteiger partial charge in [0.1, 0.15) is 5.75 Å². The summed E-state index contributed by atoms with van der Waals surface area (Å²) >= 11 is 0. The summed E-state index contributed by atoms with van der Waals surface area (Å²) in [5, 5.41) is 9.59. The Labute approximate surface area is 121 Å². The minimum Gasteiger partial charge on any atom is -0.497 e. The van der Waals surface area contributed by atoms with Gasteiger partial charge in [-0.3, -0.25) is 4.90 Å². The minimum atomic E-state index is -0.0802. The fraction of sp³-hybridized carbons (Fsp3) is 0.625. The highest BCUT2D eigenvalue weighted by Gasteiger charge is 2.40. The summed E-state index contributed by atoms with van der Waals surface area (Å²) in [7, 11) is 1.69. The van der Waals surface area contributed by atoms with E-state index in [2.05, 4.69) is 30.9 Å². The lowest BCUT2D eigenvalue weighted by atomic mass is 9.85. The lowest BCUT2D eigenvalue weighted by molar-refractivity contribution is -0.151. The van der Waals surface area contributed by atoms with Crippen molar-refractivity contribution in [1.29, 1.82) is 0 Å². The molecule has 1 aromatic rings. The molecule has 4 nitrogen and oxygen atoms in total. The first-order valence-corrected chi connectivity index (χ1v) is 7.21. The number of methoxy groups -OCH3 is 1. The molecule has 1 aromatic carbocycles. The second kappa shape index (κ2) is 6.57. The summed E-state index contributed by atoms with van der Waals surface area (Å²) in [6, 6.07) is 8.47. The van der Waals surface area contributed by atoms with Gasteiger partial charge in [0, 0.05) is 12.6 Å². The molecule has 4 heteroatoms. The van der Waals surface area contributed by atoms with E-state index in [9.17, 15) is 5.11 Å². The molecule has 20 heavy (non-hydrogen) atoms. The van der Waals surface area contributed by atoms with E-state index >= 15 is 0 Å². The third-order valence-corrected chi connectivity index (χ3v) is 4.22. The van der Waals surface area contributed by atoms with Gasteiger partial charge in [0.2, 0.25) is 0 Å². The highest BCUT2D eigenvalue weighted by atomic mass is 16.5. The Balaban J connectivity index is 2.09. The average Bonchev–Trinajstić information content (AvgIpc) is 2.46. The van der Waals surface area contributed by atoms with Crippen LogP contribution in [0.15, 0.2) is 24.3 Å². The molecule has 1 unspecified atom stereocenters. The number of ether oxygens (including phenoxy) is 2. The number of aliphatic hydroxyl groups excluding tert-OH is 1. The van der Waals surface area contributed by atoms with Crippen LogP contribution in [0.1, 0.15) is 25.5 Å². The van der Waals surface area contributed by atoms with Crippen molar-refractivity contribution in [1.82, 2.24) is 4.90 Å². The fourth-order valence-electron chi connectivity index (χ4n) is 2.69. The number of hydrogen-bond donors (Lipinski definition) is 1. The normalized spacial score (nSPS) is 18.6. The lowest BCUT2D eigenvalue weighted by Crippen LogP contribution is -2.53. The van der Waals surface area contributed by atoms with Crippen LogP contribution >= 0.6 is 0 Å². The predicted octanol–water partition coefficient (Wildman–Crippen LogP) is 2.09. The fourth-order valence-corrected chi connectivity index (χ4v) is 2.69. The third-order valence-electron chi connectivity index (χ3n) is 4.22. The quantitative estimate of drug-likeness (QED) is 0.830. The van der Waals surface area contributed by atoms with Crippen molar-refractivity contribution >= 4 is 0 Å². The molecule has 1 atom stereocenters. The number of aliphatic hydroxyl groups is 1. The topological polar surface area (TPSA) is 41.9 Å². The van der Waals surface area contributed by atoms with E-state index in [0.717, 1.165) is 18.8 Å². The van der Waals surface area contributed by atoms with Gasteiger partial charge in [0.25, 0.3) is 0 Å². The van der Waals surface area contributed by atoms with Crippen LogP contribution < -0.4 is 4.74 Å². The second-order valence-electron chi connectivity index (χ2n) is 5.67. The molecule has 0 aromatic heterocycles. The van der Waals surface area contributed by atoms with Gasteiger partial charge in [-0.25, -0.2) is 0 Å². The molecule has 0 spiro atoms. The SMILES string of the molecule is CCN(CC1(CO)COC1)C(C)c1cccc(OC)c1. The molecular formula is C16H25NO3. The first kappa shape index (κ1) is 15.3. The summed E-state index contributed by atoms with van der Waals surface area (Å²) in [6.07, 6.45) is 0. The Morgan fingerprint density at radius 2 is 2.20 bits per heavy atom. The third kappa shape index (κ3) is 3.14. The molecular weight excluding hydrogens is 254 g/mol. The molecule has 1 heterocycles. The average molecular weight is 279 g/mol. The minimum absolute atomic E-state index is 0.0802. The van der Waals surface area contributed by atoms with Crippen molar-refractivity contribution in [3.05, 3.63) is 29.8 Å². The standard InChI is InChI=1S/C16H25NO3/c1-4-17(9-16(10-18)11-20-12-16)13(2)14-6-5-7-15(8-14)19-3/h5-8,13,18H,4,9-12H2,1-3H3. The van der Waals surface area contributed by atoms with E-state index in [1.165, 1.54) is 5.56 Å². The van der Waals surface area contributed by atoms with Crippen molar-refractivity contribution < 1.29 is 14.6 Å². The van der Waals surface area contributed by atoms with Gasteiger partial charge in [-0.05, 0) is 31.2 Å². The maximum Gasteiger partial charge on any atom is 0.119 e. The Morgan fingerprint density at radius 1 is 1.45 bits per heavy atom. The van der Waals surface area contributed by atoms with Gasteiger partial charge in [-0.1, -0.05) is 19.1 Å². The lowest BCUT2D eigenvalue weighted by Gasteiger charge is -2.44. The van der Waals surface area contributed by atoms with Gasteiger partial charge >= 0.3 is 0 Å². The molecule has 0 saturated carbocycles. The monoisotopic (exact) mass is 279 g/mol. The van der Waals surface area contributed by atoms with Crippen molar-refractivity contribution in [2.45, 2.75) is 19.9 Å². The van der Waals surface area contributed by atoms with Crippen LogP contribution in [0.25, 0.3) is 0 Å². The molecule has 0 bridgehead atoms. The van der Waals surface area contributed by atoms with E-state index in [0.29, 0.717) is 19.3 Å². The molecule has 1 fully saturated rings. The zero-order valence-corrected chi connectivity index (χ0v) is 12.6. The van der Waals surface area contributed by atoms with E-state index in [4.69, 9.17) is 9.47 Å². The predicted molar refractivity (Wildman–Crippen MR) is 79.0 cm³/mol. The van der Waals surface area contributed by atoms with Crippen molar-refractivity contribution in [2.24, 2.45) is 5.41 Å². The van der Waals surface area contributed by atoms with Crippen molar-refractivity contribution in [3.63, 3.8) is 0 Å². The molecule has 0 amide bonds. The Hall–Kier alpha value is -1.10. The summed E-state index contributed by atoms with van der Waals surface area (Å²) < 4.78 is 10.6. The molecule has 2 rings (SSSR count). The van der Waals surface area contributed by atoms with Crippen LogP contribution in [0.5, 0.6) is 5.75 Å². The summed E-state index contributed by atoms with van der Waals surface area (Å²) in [5.41, 5.74) is 1.16. The Kier molecular flexibility index (Phi) is 5.02. The maximum absolute atomic E-state index is 9.59. The molecule has 0 aliphatic carbocycles. The van der Waals surface area contributed by atoms with Crippen LogP contribution in [0.2, 0.25) is 0 Å². The van der Waals surface area contributed by atoms with Crippen LogP contribution in [-0.2, 0) is 4.74 Å². The zero-order valence-electron chi connectivity index (χ0n) is 12.6. The second-order valence-corrected chi connectivity index (χ2v) is 5.67. The smallest absolute Gasteiger partial charge is 0.119 e. The Morgan fingerprint density at radius 3 is 2.70 bits per heavy atom. The van der Waals surface area contributed by atoms with Gasteiger partial charge in [-0.15, -0.1) is 0 Å². The van der Waals surface area contributed by atoms with Crippen LogP contribution in [0, 0.1) is 5.41 Å². The molecule has 1 aliphatic heterocycles. The zero-order chi connectivity index (χ0) is 14.6. The molecule has 1 N–H and O–H groups in total.